The van der Waals surface area contributed by atoms with Crippen molar-refractivity contribution in [1.82, 2.24) is 0 Å². The van der Waals surface area contributed by atoms with Gasteiger partial charge in [0.1, 0.15) is 24.8 Å². The molecule has 2 aromatic carbocycles. The standard InChI is InChI=1S/C20H14O3/c1-3-19(17-9-5-15(13-21)6-10-17)23-20(4-2)18-11-7-16(14-22)8-12-18/h1-2,5-14,19-20H. The first-order chi connectivity index (χ1) is 11.2. The molecule has 0 aliphatic carbocycles. The van der Waals surface area contributed by atoms with E-state index < -0.39 is 12.2 Å². The number of aldehydes is 2. The van der Waals surface area contributed by atoms with Crippen LogP contribution in [0.5, 0.6) is 0 Å². The molecular formula is C20H14O3. The molecule has 2 rings (SSSR count). The van der Waals surface area contributed by atoms with Gasteiger partial charge < -0.3 is 4.74 Å². The number of carbonyl (C=O) groups is 2. The highest BCUT2D eigenvalue weighted by atomic mass is 16.5. The molecule has 3 nitrogen and oxygen atoms in total. The van der Waals surface area contributed by atoms with Gasteiger partial charge in [-0.25, -0.2) is 0 Å². The molecule has 0 saturated carbocycles. The molecule has 2 atom stereocenters. The van der Waals surface area contributed by atoms with Gasteiger partial charge in [-0.1, -0.05) is 60.4 Å². The molecule has 2 unspecified atom stereocenters. The van der Waals surface area contributed by atoms with Gasteiger partial charge >= 0.3 is 0 Å². The van der Waals surface area contributed by atoms with Crippen LogP contribution in [-0.4, -0.2) is 12.6 Å². The molecule has 23 heavy (non-hydrogen) atoms. The van der Waals surface area contributed by atoms with Crippen LogP contribution < -0.4 is 0 Å². The summed E-state index contributed by atoms with van der Waals surface area (Å²) in [5, 5.41) is 0. The van der Waals surface area contributed by atoms with E-state index in [1.54, 1.807) is 48.5 Å². The van der Waals surface area contributed by atoms with Crippen molar-refractivity contribution in [2.45, 2.75) is 12.2 Å². The second kappa shape index (κ2) is 7.75. The Labute approximate surface area is 135 Å². The van der Waals surface area contributed by atoms with Crippen LogP contribution in [0.15, 0.2) is 48.5 Å². The molecular weight excluding hydrogens is 288 g/mol. The smallest absolute Gasteiger partial charge is 0.150 e. The fourth-order valence-corrected chi connectivity index (χ4v) is 2.06. The highest BCUT2D eigenvalue weighted by Gasteiger charge is 2.16. The number of benzene rings is 2. The maximum Gasteiger partial charge on any atom is 0.150 e. The van der Waals surface area contributed by atoms with Crippen LogP contribution in [0.1, 0.15) is 44.1 Å². The largest absolute Gasteiger partial charge is 0.340 e. The Morgan fingerprint density at radius 1 is 0.739 bits per heavy atom. The van der Waals surface area contributed by atoms with Crippen molar-refractivity contribution < 1.29 is 14.3 Å². The predicted octanol–water partition coefficient (Wildman–Crippen LogP) is 3.38. The minimum atomic E-state index is -0.637. The van der Waals surface area contributed by atoms with Gasteiger partial charge in [0.25, 0.3) is 0 Å². The number of rotatable bonds is 6. The molecule has 0 aromatic heterocycles. The van der Waals surface area contributed by atoms with Crippen LogP contribution in [0.3, 0.4) is 0 Å². The van der Waals surface area contributed by atoms with Crippen LogP contribution in [0, 0.1) is 24.7 Å². The molecule has 2 aromatic rings. The summed E-state index contributed by atoms with van der Waals surface area (Å²) in [5.41, 5.74) is 2.59. The molecule has 112 valence electrons. The Balaban J connectivity index is 2.20. The lowest BCUT2D eigenvalue weighted by Gasteiger charge is -2.18. The van der Waals surface area contributed by atoms with E-state index >= 15 is 0 Å². The first-order valence-electron chi connectivity index (χ1n) is 6.89. The van der Waals surface area contributed by atoms with Gasteiger partial charge in [0, 0.05) is 11.1 Å². The number of carbonyl (C=O) groups excluding carboxylic acids is 2. The first-order valence-corrected chi connectivity index (χ1v) is 6.89. The van der Waals surface area contributed by atoms with E-state index in [0.717, 1.165) is 23.7 Å². The van der Waals surface area contributed by atoms with Gasteiger partial charge in [-0.05, 0) is 11.1 Å². The summed E-state index contributed by atoms with van der Waals surface area (Å²) in [5.74, 6) is 5.10. The Hall–Kier alpha value is -3.14. The maximum atomic E-state index is 10.7. The lowest BCUT2D eigenvalue weighted by Crippen LogP contribution is -2.08. The normalized spacial score (nSPS) is 12.4. The second-order valence-electron chi connectivity index (χ2n) is 4.80. The Morgan fingerprint density at radius 3 is 1.35 bits per heavy atom. The molecule has 0 saturated heterocycles. The maximum absolute atomic E-state index is 10.7. The fraction of sp³-hybridized carbons (Fsp3) is 0.100. The van der Waals surface area contributed by atoms with Crippen molar-refractivity contribution >= 4 is 12.6 Å². The average molecular weight is 302 g/mol. The minimum absolute atomic E-state index is 0.558. The summed E-state index contributed by atoms with van der Waals surface area (Å²) < 4.78 is 5.82. The Morgan fingerprint density at radius 2 is 1.09 bits per heavy atom. The highest BCUT2D eigenvalue weighted by molar-refractivity contribution is 5.75. The predicted molar refractivity (Wildman–Crippen MR) is 87.9 cm³/mol. The molecule has 0 fully saturated rings. The van der Waals surface area contributed by atoms with E-state index in [4.69, 9.17) is 17.6 Å². The van der Waals surface area contributed by atoms with Crippen LogP contribution in [0.2, 0.25) is 0 Å². The van der Waals surface area contributed by atoms with Gasteiger partial charge in [-0.15, -0.1) is 12.8 Å². The van der Waals surface area contributed by atoms with Crippen molar-refractivity contribution in [3.05, 3.63) is 70.8 Å². The highest BCUT2D eigenvalue weighted by Crippen LogP contribution is 2.26. The lowest BCUT2D eigenvalue weighted by atomic mass is 10.1. The molecule has 0 N–H and O–H groups in total. The third-order valence-corrected chi connectivity index (χ3v) is 3.33. The topological polar surface area (TPSA) is 43.4 Å². The Kier molecular flexibility index (Phi) is 5.47. The molecule has 0 heterocycles. The number of hydrogen-bond acceptors (Lipinski definition) is 3. The molecule has 0 aliphatic heterocycles. The third kappa shape index (κ3) is 3.95. The SMILES string of the molecule is C#CC(OC(C#C)c1ccc(C=O)cc1)c1ccc(C=O)cc1. The van der Waals surface area contributed by atoms with Crippen LogP contribution in [0.4, 0.5) is 0 Å². The minimum Gasteiger partial charge on any atom is -0.340 e. The third-order valence-electron chi connectivity index (χ3n) is 3.33. The summed E-state index contributed by atoms with van der Waals surface area (Å²) in [6.07, 6.45) is 11.3. The van der Waals surface area contributed by atoms with E-state index in [0.29, 0.717) is 11.1 Å². The van der Waals surface area contributed by atoms with Crippen molar-refractivity contribution in [2.75, 3.05) is 0 Å². The summed E-state index contributed by atoms with van der Waals surface area (Å²) in [6.45, 7) is 0. The fourth-order valence-electron chi connectivity index (χ4n) is 2.06. The molecule has 3 heteroatoms. The molecule has 0 aliphatic rings. The number of terminal acetylenes is 2. The summed E-state index contributed by atoms with van der Waals surface area (Å²) >= 11 is 0. The second-order valence-corrected chi connectivity index (χ2v) is 4.80. The van der Waals surface area contributed by atoms with Crippen LogP contribution in [0.25, 0.3) is 0 Å². The van der Waals surface area contributed by atoms with E-state index in [2.05, 4.69) is 11.8 Å². The monoisotopic (exact) mass is 302 g/mol. The Bertz CT molecular complexity index is 691. The van der Waals surface area contributed by atoms with E-state index in [1.165, 1.54) is 0 Å². The van der Waals surface area contributed by atoms with Crippen molar-refractivity contribution in [1.29, 1.82) is 0 Å². The lowest BCUT2D eigenvalue weighted by molar-refractivity contribution is 0.0516. The number of ether oxygens (including phenoxy) is 1. The molecule has 0 amide bonds. The van der Waals surface area contributed by atoms with Gasteiger partial charge in [-0.3, -0.25) is 9.59 Å². The van der Waals surface area contributed by atoms with E-state index in [9.17, 15) is 9.59 Å². The number of hydrogen-bond donors (Lipinski definition) is 0. The zero-order valence-electron chi connectivity index (χ0n) is 12.3. The first kappa shape index (κ1) is 16.2. The molecule has 0 bridgehead atoms. The molecule has 0 spiro atoms. The molecule has 0 radical (unpaired) electrons. The van der Waals surface area contributed by atoms with Gasteiger partial charge in [-0.2, -0.15) is 0 Å². The van der Waals surface area contributed by atoms with Gasteiger partial charge in [0.15, 0.2) is 0 Å². The zero-order valence-corrected chi connectivity index (χ0v) is 12.3. The van der Waals surface area contributed by atoms with Crippen molar-refractivity contribution in [3.63, 3.8) is 0 Å². The quantitative estimate of drug-likeness (QED) is 0.607. The summed E-state index contributed by atoms with van der Waals surface area (Å²) in [4.78, 5) is 21.4. The van der Waals surface area contributed by atoms with Crippen molar-refractivity contribution in [2.24, 2.45) is 0 Å². The summed E-state index contributed by atoms with van der Waals surface area (Å²) in [7, 11) is 0. The summed E-state index contributed by atoms with van der Waals surface area (Å²) in [6, 6.07) is 13.6. The zero-order chi connectivity index (χ0) is 16.7. The van der Waals surface area contributed by atoms with Gasteiger partial charge in [0.2, 0.25) is 0 Å². The van der Waals surface area contributed by atoms with Crippen molar-refractivity contribution in [3.8, 4) is 24.7 Å². The van der Waals surface area contributed by atoms with Gasteiger partial charge in [0.05, 0.1) is 0 Å². The van der Waals surface area contributed by atoms with E-state index in [-0.39, 0.29) is 0 Å². The average Bonchev–Trinajstić information content (AvgIpc) is 2.63. The van der Waals surface area contributed by atoms with Crippen LogP contribution in [-0.2, 0) is 4.74 Å². The van der Waals surface area contributed by atoms with Crippen LogP contribution >= 0.6 is 0 Å². The van der Waals surface area contributed by atoms with E-state index in [1.807, 2.05) is 0 Å².